The second-order valence-corrected chi connectivity index (χ2v) is 6.33. The molecule has 22 heavy (non-hydrogen) atoms. The zero-order valence-electron chi connectivity index (χ0n) is 11.9. The van der Waals surface area contributed by atoms with Gasteiger partial charge in [-0.1, -0.05) is 30.3 Å². The van der Waals surface area contributed by atoms with Gasteiger partial charge in [0.25, 0.3) is 5.91 Å². The fourth-order valence-corrected chi connectivity index (χ4v) is 2.97. The summed E-state index contributed by atoms with van der Waals surface area (Å²) in [6, 6.07) is 8.62. The van der Waals surface area contributed by atoms with Crippen LogP contribution < -0.4 is 16.9 Å². The van der Waals surface area contributed by atoms with Gasteiger partial charge >= 0.3 is 0 Å². The summed E-state index contributed by atoms with van der Waals surface area (Å²) in [5.41, 5.74) is 6.78. The van der Waals surface area contributed by atoms with E-state index in [1.54, 1.807) is 6.08 Å². The number of nitrogens with one attached hydrogen (secondary N) is 1. The summed E-state index contributed by atoms with van der Waals surface area (Å²) in [6.07, 6.45) is 3.37. The van der Waals surface area contributed by atoms with Gasteiger partial charge in [-0.15, -0.1) is 0 Å². The maximum atomic E-state index is 12.0. The first-order chi connectivity index (χ1) is 10.5. The van der Waals surface area contributed by atoms with Crippen LogP contribution in [0.1, 0.15) is 12.0 Å². The lowest BCUT2D eigenvalue weighted by atomic mass is 9.99. The summed E-state index contributed by atoms with van der Waals surface area (Å²) in [6.45, 7) is 0.255. The number of carbonyl (C=O) groups is 2. The summed E-state index contributed by atoms with van der Waals surface area (Å²) in [5, 5.41) is 1.98. The highest BCUT2D eigenvalue weighted by molar-refractivity contribution is 7.27. The van der Waals surface area contributed by atoms with E-state index >= 15 is 0 Å². The number of hydrazine groups is 1. The Morgan fingerprint density at radius 3 is 2.73 bits per heavy atom. The minimum absolute atomic E-state index is 0.255. The summed E-state index contributed by atoms with van der Waals surface area (Å²) < 4.78 is 11.4. The molecule has 0 aliphatic carbocycles. The van der Waals surface area contributed by atoms with Crippen LogP contribution in [0.2, 0.25) is 0 Å². The third-order valence-electron chi connectivity index (χ3n) is 3.60. The molecular weight excluding hydrogens is 303 g/mol. The molecule has 118 valence electrons. The van der Waals surface area contributed by atoms with Crippen LogP contribution in [0.15, 0.2) is 36.4 Å². The molecule has 0 spiro atoms. The molecule has 1 heterocycles. The van der Waals surface area contributed by atoms with Crippen molar-refractivity contribution in [2.24, 2.45) is 11.6 Å². The molecule has 2 rings (SSSR count). The van der Waals surface area contributed by atoms with Crippen molar-refractivity contribution in [2.45, 2.75) is 17.7 Å². The van der Waals surface area contributed by atoms with Crippen LogP contribution in [0.25, 0.3) is 6.08 Å². The number of benzene rings is 1. The molecule has 5 N–H and O–H groups in total. The molecule has 1 aliphatic rings. The lowest BCUT2D eigenvalue weighted by Crippen LogP contribution is -2.68. The molecule has 2 amide bonds. The first-order valence-corrected chi connectivity index (χ1v) is 7.88. The number of hydrogen-bond acceptors (Lipinski definition) is 5. The molecule has 3 atom stereocenters. The Morgan fingerprint density at radius 1 is 1.41 bits per heavy atom. The molecular formula is C14H19N4O3P. The first-order valence-electron chi connectivity index (χ1n) is 6.83. The van der Waals surface area contributed by atoms with E-state index in [-0.39, 0.29) is 6.54 Å². The molecule has 0 aromatic heterocycles. The van der Waals surface area contributed by atoms with Crippen LogP contribution in [0.4, 0.5) is 0 Å². The van der Waals surface area contributed by atoms with Gasteiger partial charge < -0.3 is 15.6 Å². The van der Waals surface area contributed by atoms with E-state index in [2.05, 4.69) is 5.32 Å². The fourth-order valence-electron chi connectivity index (χ4n) is 2.29. The molecule has 1 aliphatic heterocycles. The predicted molar refractivity (Wildman–Crippen MR) is 85.2 cm³/mol. The third-order valence-corrected chi connectivity index (χ3v) is 4.64. The van der Waals surface area contributed by atoms with Gasteiger partial charge in [0.15, 0.2) is 5.28 Å². The highest BCUT2D eigenvalue weighted by Crippen LogP contribution is 2.28. The molecule has 1 fully saturated rings. The van der Waals surface area contributed by atoms with Crippen LogP contribution in [0.5, 0.6) is 0 Å². The number of rotatable bonds is 4. The Bertz CT molecular complexity index is 607. The highest BCUT2D eigenvalue weighted by atomic mass is 31.1. The van der Waals surface area contributed by atoms with Gasteiger partial charge in [0.05, 0.1) is 14.5 Å². The van der Waals surface area contributed by atoms with E-state index in [1.807, 2.05) is 30.3 Å². The summed E-state index contributed by atoms with van der Waals surface area (Å²) >= 11 is 0. The molecule has 7 nitrogen and oxygen atoms in total. The lowest BCUT2D eigenvalue weighted by molar-refractivity contribution is -0.138. The Morgan fingerprint density at radius 2 is 2.09 bits per heavy atom. The zero-order valence-corrected chi connectivity index (χ0v) is 13.1. The van der Waals surface area contributed by atoms with Crippen molar-refractivity contribution in [3.63, 3.8) is 0 Å². The van der Waals surface area contributed by atoms with Crippen molar-refractivity contribution < 1.29 is 14.2 Å². The SMILES string of the molecule is NN1CCC(NC(=O)C=Cc2ccccc2)[C@](N)([PH2]=O)C1=O. The standard InChI is InChI=1S/C14H19N4O3P/c15-14(22-21)11(8-9-18(16)13(14)20)17-12(19)7-6-10-4-2-1-3-5-10/h1-7,11H,8-9,15-16,22H2,(H,17,19)/t11?,14-/m0/s1. The van der Waals surface area contributed by atoms with Crippen molar-refractivity contribution in [3.8, 4) is 0 Å². The fraction of sp³-hybridized carbons (Fsp3) is 0.286. The van der Waals surface area contributed by atoms with Crippen LogP contribution in [0, 0.1) is 0 Å². The predicted octanol–water partition coefficient (Wildman–Crippen LogP) is -0.298. The van der Waals surface area contributed by atoms with E-state index in [0.717, 1.165) is 10.6 Å². The number of hydrogen-bond donors (Lipinski definition) is 3. The number of nitrogens with two attached hydrogens (primary N) is 2. The van der Waals surface area contributed by atoms with Crippen molar-refractivity contribution in [1.82, 2.24) is 10.3 Å². The van der Waals surface area contributed by atoms with Gasteiger partial charge in [0.2, 0.25) is 5.91 Å². The smallest absolute Gasteiger partial charge is 0.265 e. The summed E-state index contributed by atoms with van der Waals surface area (Å²) in [4.78, 5) is 24.0. The van der Waals surface area contributed by atoms with E-state index in [9.17, 15) is 14.2 Å². The topological polar surface area (TPSA) is 119 Å². The minimum Gasteiger partial charge on any atom is -0.347 e. The van der Waals surface area contributed by atoms with Gasteiger partial charge in [-0.2, -0.15) is 0 Å². The van der Waals surface area contributed by atoms with Crippen LogP contribution in [-0.2, 0) is 14.2 Å². The Labute approximate surface area is 129 Å². The van der Waals surface area contributed by atoms with Gasteiger partial charge in [0.1, 0.15) is 0 Å². The van der Waals surface area contributed by atoms with Gasteiger partial charge in [0, 0.05) is 12.6 Å². The van der Waals surface area contributed by atoms with E-state index < -0.39 is 31.6 Å². The Kier molecular flexibility index (Phi) is 5.13. The van der Waals surface area contributed by atoms with Crippen molar-refractivity contribution in [2.75, 3.05) is 6.54 Å². The van der Waals surface area contributed by atoms with Crippen molar-refractivity contribution in [3.05, 3.63) is 42.0 Å². The van der Waals surface area contributed by atoms with Gasteiger partial charge in [-0.3, -0.25) is 14.6 Å². The van der Waals surface area contributed by atoms with Crippen molar-refractivity contribution in [1.29, 1.82) is 0 Å². The number of nitrogens with zero attached hydrogens (tertiary/aromatic N) is 1. The maximum Gasteiger partial charge on any atom is 0.265 e. The first kappa shape index (κ1) is 16.4. The minimum atomic E-state index is -1.62. The molecule has 0 bridgehead atoms. The summed E-state index contributed by atoms with van der Waals surface area (Å²) in [7, 11) is -1.62. The largest absolute Gasteiger partial charge is 0.347 e. The molecule has 2 unspecified atom stereocenters. The second kappa shape index (κ2) is 6.87. The van der Waals surface area contributed by atoms with E-state index in [4.69, 9.17) is 11.6 Å². The molecule has 1 aromatic carbocycles. The highest BCUT2D eigenvalue weighted by Gasteiger charge is 2.47. The van der Waals surface area contributed by atoms with Gasteiger partial charge in [-0.05, 0) is 18.1 Å². The van der Waals surface area contributed by atoms with Crippen LogP contribution >= 0.6 is 8.46 Å². The van der Waals surface area contributed by atoms with Gasteiger partial charge in [-0.25, -0.2) is 5.84 Å². The maximum absolute atomic E-state index is 12.0. The normalized spacial score (nSPS) is 26.0. The molecule has 0 saturated carbocycles. The monoisotopic (exact) mass is 322 g/mol. The number of piperidine rings is 1. The summed E-state index contributed by atoms with van der Waals surface area (Å²) in [5.74, 6) is 4.50. The van der Waals surface area contributed by atoms with Crippen LogP contribution in [0.3, 0.4) is 0 Å². The Balaban J connectivity index is 2.06. The number of amides is 2. The van der Waals surface area contributed by atoms with Crippen molar-refractivity contribution >= 4 is 26.4 Å². The molecule has 1 aromatic rings. The lowest BCUT2D eigenvalue weighted by Gasteiger charge is -2.40. The third kappa shape index (κ3) is 3.44. The quantitative estimate of drug-likeness (QED) is 0.304. The molecule has 1 saturated heterocycles. The number of carbonyl (C=O) groups excluding carboxylic acids is 2. The zero-order chi connectivity index (χ0) is 16.2. The average molecular weight is 322 g/mol. The van der Waals surface area contributed by atoms with Crippen LogP contribution in [-0.4, -0.2) is 34.7 Å². The van der Waals surface area contributed by atoms with E-state index in [0.29, 0.717) is 6.42 Å². The second-order valence-electron chi connectivity index (χ2n) is 5.14. The Hall–Kier alpha value is -1.95. The average Bonchev–Trinajstić information content (AvgIpc) is 2.54. The molecule has 8 heteroatoms. The van der Waals surface area contributed by atoms with E-state index in [1.165, 1.54) is 6.08 Å². The molecule has 0 radical (unpaired) electrons.